The van der Waals surface area contributed by atoms with Crippen LogP contribution in [0.3, 0.4) is 0 Å². The number of carbonyl (C=O) groups is 3. The van der Waals surface area contributed by atoms with Crippen LogP contribution in [0.2, 0.25) is 5.02 Å². The molecule has 0 bridgehead atoms. The van der Waals surface area contributed by atoms with Gasteiger partial charge in [-0.25, -0.2) is 4.79 Å². The first-order valence-electron chi connectivity index (χ1n) is 8.63. The second-order valence-electron chi connectivity index (χ2n) is 6.48. The van der Waals surface area contributed by atoms with Gasteiger partial charge in [0.1, 0.15) is 12.1 Å². The van der Waals surface area contributed by atoms with Crippen molar-refractivity contribution in [1.82, 2.24) is 10.2 Å². The molecule has 4 amide bonds. The smallest absolute Gasteiger partial charge is 0.323 e. The quantitative estimate of drug-likeness (QED) is 0.774. The zero-order valence-corrected chi connectivity index (χ0v) is 15.8. The third kappa shape index (κ3) is 3.53. The summed E-state index contributed by atoms with van der Waals surface area (Å²) in [6.07, 6.45) is 0.378. The van der Waals surface area contributed by atoms with Gasteiger partial charge in [-0.05, 0) is 36.6 Å². The number of carbonyl (C=O) groups excluding carboxylic acids is 3. The van der Waals surface area contributed by atoms with E-state index in [1.807, 2.05) is 26.0 Å². The van der Waals surface area contributed by atoms with Gasteiger partial charge in [0.2, 0.25) is 5.91 Å². The minimum atomic E-state index is -1.15. The van der Waals surface area contributed by atoms with Crippen molar-refractivity contribution in [3.05, 3.63) is 64.7 Å². The number of urea groups is 1. The van der Waals surface area contributed by atoms with E-state index in [1.165, 1.54) is 0 Å². The molecule has 1 fully saturated rings. The summed E-state index contributed by atoms with van der Waals surface area (Å²) in [4.78, 5) is 38.8. The van der Waals surface area contributed by atoms with Crippen LogP contribution in [0.15, 0.2) is 48.5 Å². The van der Waals surface area contributed by atoms with Crippen LogP contribution in [-0.2, 0) is 15.1 Å². The summed E-state index contributed by atoms with van der Waals surface area (Å²) in [5, 5.41) is 5.79. The lowest BCUT2D eigenvalue weighted by Crippen LogP contribution is -2.44. The Kier molecular flexibility index (Phi) is 5.19. The highest BCUT2D eigenvalue weighted by atomic mass is 35.5. The van der Waals surface area contributed by atoms with Crippen molar-refractivity contribution in [2.24, 2.45) is 0 Å². The second-order valence-corrected chi connectivity index (χ2v) is 6.89. The van der Waals surface area contributed by atoms with Gasteiger partial charge in [-0.2, -0.15) is 0 Å². The van der Waals surface area contributed by atoms with E-state index in [0.29, 0.717) is 22.7 Å². The zero-order chi connectivity index (χ0) is 19.6. The molecule has 1 aliphatic heterocycles. The van der Waals surface area contributed by atoms with Crippen molar-refractivity contribution in [3.63, 3.8) is 0 Å². The first-order chi connectivity index (χ1) is 12.9. The van der Waals surface area contributed by atoms with E-state index < -0.39 is 23.4 Å². The molecular formula is C20H20ClN3O3. The van der Waals surface area contributed by atoms with E-state index in [9.17, 15) is 14.4 Å². The van der Waals surface area contributed by atoms with Gasteiger partial charge in [-0.3, -0.25) is 14.5 Å². The monoisotopic (exact) mass is 385 g/mol. The Morgan fingerprint density at radius 1 is 1.19 bits per heavy atom. The lowest BCUT2D eigenvalue weighted by atomic mass is 9.87. The van der Waals surface area contributed by atoms with Crippen LogP contribution in [0.4, 0.5) is 10.5 Å². The number of hydrogen-bond donors (Lipinski definition) is 2. The number of anilines is 1. The van der Waals surface area contributed by atoms with Gasteiger partial charge in [0.25, 0.3) is 5.91 Å². The Hall–Kier alpha value is -2.86. The largest absolute Gasteiger partial charge is 0.325 e. The summed E-state index contributed by atoms with van der Waals surface area (Å²) >= 11 is 6.12. The van der Waals surface area contributed by atoms with Crippen LogP contribution in [0.5, 0.6) is 0 Å². The summed E-state index contributed by atoms with van der Waals surface area (Å²) in [6, 6.07) is 13.7. The molecule has 3 rings (SSSR count). The van der Waals surface area contributed by atoms with Crippen LogP contribution >= 0.6 is 11.6 Å². The van der Waals surface area contributed by atoms with Crippen LogP contribution in [0, 0.1) is 6.92 Å². The maximum atomic E-state index is 13.0. The summed E-state index contributed by atoms with van der Waals surface area (Å²) < 4.78 is 0. The molecule has 0 spiro atoms. The minimum absolute atomic E-state index is 0.378. The maximum Gasteiger partial charge on any atom is 0.325 e. The Balaban J connectivity index is 1.78. The van der Waals surface area contributed by atoms with Gasteiger partial charge in [0, 0.05) is 0 Å². The van der Waals surface area contributed by atoms with Crippen molar-refractivity contribution in [2.45, 2.75) is 25.8 Å². The van der Waals surface area contributed by atoms with Gasteiger partial charge in [-0.15, -0.1) is 0 Å². The highest BCUT2D eigenvalue weighted by Gasteiger charge is 2.51. The van der Waals surface area contributed by atoms with Gasteiger partial charge in [0.15, 0.2) is 0 Å². The van der Waals surface area contributed by atoms with Crippen LogP contribution in [-0.4, -0.2) is 29.3 Å². The van der Waals surface area contributed by atoms with E-state index in [2.05, 4.69) is 10.6 Å². The lowest BCUT2D eigenvalue weighted by Gasteiger charge is -2.25. The predicted molar refractivity (Wildman–Crippen MR) is 103 cm³/mol. The van der Waals surface area contributed by atoms with Crippen LogP contribution < -0.4 is 10.6 Å². The normalized spacial score (nSPS) is 19.1. The number of halogens is 1. The topological polar surface area (TPSA) is 78.5 Å². The summed E-state index contributed by atoms with van der Waals surface area (Å²) in [5.41, 5.74) is 0.933. The molecule has 2 aromatic carbocycles. The molecule has 1 aliphatic rings. The van der Waals surface area contributed by atoms with E-state index >= 15 is 0 Å². The van der Waals surface area contributed by atoms with Crippen molar-refractivity contribution in [1.29, 1.82) is 0 Å². The number of rotatable bonds is 5. The molecule has 140 valence electrons. The Labute approximate surface area is 162 Å². The molecule has 27 heavy (non-hydrogen) atoms. The molecule has 1 heterocycles. The van der Waals surface area contributed by atoms with Gasteiger partial charge in [-0.1, -0.05) is 54.9 Å². The fourth-order valence-corrected chi connectivity index (χ4v) is 3.47. The van der Waals surface area contributed by atoms with Crippen LogP contribution in [0.25, 0.3) is 0 Å². The predicted octanol–water partition coefficient (Wildman–Crippen LogP) is 3.44. The van der Waals surface area contributed by atoms with Crippen molar-refractivity contribution in [2.75, 3.05) is 11.9 Å². The van der Waals surface area contributed by atoms with Crippen LogP contribution in [0.1, 0.15) is 24.5 Å². The molecular weight excluding hydrogens is 366 g/mol. The standard InChI is InChI=1S/C20H20ClN3O3/c1-3-20(14-7-5-4-6-8-14)18(26)24(19(27)23-20)12-17(25)22-16-10-9-13(2)11-15(16)21/h4-11H,3,12H2,1-2H3,(H,22,25)(H,23,27)/t20-/m1/s1. The number of benzene rings is 2. The zero-order valence-electron chi connectivity index (χ0n) is 15.1. The molecule has 7 heteroatoms. The van der Waals surface area contributed by atoms with E-state index in [-0.39, 0.29) is 6.54 Å². The average Bonchev–Trinajstić information content (AvgIpc) is 2.90. The van der Waals surface area contributed by atoms with E-state index in [0.717, 1.165) is 10.5 Å². The van der Waals surface area contributed by atoms with Crippen molar-refractivity contribution >= 4 is 35.1 Å². The minimum Gasteiger partial charge on any atom is -0.323 e. The second kappa shape index (κ2) is 7.40. The highest BCUT2D eigenvalue weighted by molar-refractivity contribution is 6.33. The number of nitrogens with one attached hydrogen (secondary N) is 2. The third-order valence-corrected chi connectivity index (χ3v) is 4.99. The summed E-state index contributed by atoms with van der Waals surface area (Å²) in [7, 11) is 0. The fourth-order valence-electron chi connectivity index (χ4n) is 3.19. The summed E-state index contributed by atoms with van der Waals surface area (Å²) in [5.74, 6) is -0.935. The molecule has 0 radical (unpaired) electrons. The molecule has 6 nitrogen and oxygen atoms in total. The average molecular weight is 386 g/mol. The molecule has 1 atom stereocenters. The first-order valence-corrected chi connectivity index (χ1v) is 9.01. The number of imide groups is 1. The SMILES string of the molecule is CC[C@]1(c2ccccc2)NC(=O)N(CC(=O)Nc2ccc(C)cc2Cl)C1=O. The molecule has 0 saturated carbocycles. The van der Waals surface area contributed by atoms with Gasteiger partial charge < -0.3 is 10.6 Å². The van der Waals surface area contributed by atoms with E-state index in [1.54, 1.807) is 36.4 Å². The number of hydrogen-bond acceptors (Lipinski definition) is 3. The van der Waals surface area contributed by atoms with Crippen molar-refractivity contribution < 1.29 is 14.4 Å². The van der Waals surface area contributed by atoms with E-state index in [4.69, 9.17) is 11.6 Å². The molecule has 0 aliphatic carbocycles. The fraction of sp³-hybridized carbons (Fsp3) is 0.250. The van der Waals surface area contributed by atoms with Crippen molar-refractivity contribution in [3.8, 4) is 0 Å². The summed E-state index contributed by atoms with van der Waals surface area (Å²) in [6.45, 7) is 3.32. The van der Waals surface area contributed by atoms with Gasteiger partial charge in [0.05, 0.1) is 10.7 Å². The molecule has 0 aromatic heterocycles. The molecule has 2 aromatic rings. The Bertz CT molecular complexity index is 901. The molecule has 0 unspecified atom stereocenters. The Morgan fingerprint density at radius 2 is 1.89 bits per heavy atom. The molecule has 2 N–H and O–H groups in total. The Morgan fingerprint density at radius 3 is 2.52 bits per heavy atom. The third-order valence-electron chi connectivity index (χ3n) is 4.67. The first kappa shape index (κ1) is 18.9. The highest BCUT2D eigenvalue weighted by Crippen LogP contribution is 2.32. The number of nitrogens with zero attached hydrogens (tertiary/aromatic N) is 1. The maximum absolute atomic E-state index is 13.0. The number of amides is 4. The number of aryl methyl sites for hydroxylation is 1. The lowest BCUT2D eigenvalue weighted by molar-refractivity contribution is -0.134. The molecule has 1 saturated heterocycles. The van der Waals surface area contributed by atoms with Gasteiger partial charge >= 0.3 is 6.03 Å².